The Morgan fingerprint density at radius 3 is 2.56 bits per heavy atom. The SMILES string of the molecule is [C-]#[N+]c1c(N2CCN(C(=O)C=C)C[C@@H]2C)c2cc(Cl)c(-c3c(OC)ccc(Cl)c3F)cc2n(-c2c(C)ccnc2C(C)C)c1=O. The van der Waals surface area contributed by atoms with Crippen molar-refractivity contribution in [3.8, 4) is 22.6 Å². The fourth-order valence-electron chi connectivity index (χ4n) is 6.04. The van der Waals surface area contributed by atoms with Gasteiger partial charge in [-0.1, -0.05) is 43.6 Å². The van der Waals surface area contributed by atoms with Crippen LogP contribution in [-0.4, -0.2) is 53.1 Å². The van der Waals surface area contributed by atoms with Crippen LogP contribution in [-0.2, 0) is 4.79 Å². The highest BCUT2D eigenvalue weighted by atomic mass is 35.5. The Labute approximate surface area is 271 Å². The minimum Gasteiger partial charge on any atom is -0.496 e. The van der Waals surface area contributed by atoms with Gasteiger partial charge in [0.05, 0.1) is 46.9 Å². The second kappa shape index (κ2) is 12.5. The maximum absolute atomic E-state index is 15.7. The van der Waals surface area contributed by atoms with Crippen LogP contribution in [0.5, 0.6) is 5.75 Å². The van der Waals surface area contributed by atoms with Gasteiger partial charge in [0, 0.05) is 47.8 Å². The Morgan fingerprint density at radius 1 is 1.20 bits per heavy atom. The molecule has 0 bridgehead atoms. The number of nitrogens with zero attached hydrogens (tertiary/aromatic N) is 5. The number of rotatable bonds is 6. The average Bonchev–Trinajstić information content (AvgIpc) is 3.02. The molecule has 3 heterocycles. The second-order valence-corrected chi connectivity index (χ2v) is 12.1. The van der Waals surface area contributed by atoms with Gasteiger partial charge in [0.25, 0.3) is 11.2 Å². The highest BCUT2D eigenvalue weighted by Gasteiger charge is 2.32. The van der Waals surface area contributed by atoms with Crippen molar-refractivity contribution in [3.05, 3.63) is 98.1 Å². The highest BCUT2D eigenvalue weighted by molar-refractivity contribution is 6.35. The number of aryl methyl sites for hydroxylation is 1. The summed E-state index contributed by atoms with van der Waals surface area (Å²) < 4.78 is 22.7. The maximum Gasteiger partial charge on any atom is 0.274 e. The highest BCUT2D eigenvalue weighted by Crippen LogP contribution is 2.45. The lowest BCUT2D eigenvalue weighted by molar-refractivity contribution is -0.126. The van der Waals surface area contributed by atoms with Gasteiger partial charge in [-0.2, -0.15) is 0 Å². The minimum absolute atomic E-state index is 0.0450. The number of ether oxygens (including phenoxy) is 1. The lowest BCUT2D eigenvalue weighted by Gasteiger charge is -2.42. The molecule has 1 aliphatic heterocycles. The van der Waals surface area contributed by atoms with E-state index in [1.54, 1.807) is 35.4 Å². The van der Waals surface area contributed by atoms with E-state index in [2.05, 4.69) is 16.4 Å². The largest absolute Gasteiger partial charge is 0.496 e. The van der Waals surface area contributed by atoms with Gasteiger partial charge in [-0.25, -0.2) is 9.24 Å². The van der Waals surface area contributed by atoms with E-state index in [0.29, 0.717) is 47.6 Å². The van der Waals surface area contributed by atoms with Crippen LogP contribution >= 0.6 is 23.2 Å². The lowest BCUT2D eigenvalue weighted by Crippen LogP contribution is -2.53. The predicted molar refractivity (Wildman–Crippen MR) is 178 cm³/mol. The molecule has 2 aromatic carbocycles. The number of hydrogen-bond acceptors (Lipinski definition) is 5. The van der Waals surface area contributed by atoms with Crippen LogP contribution in [0.2, 0.25) is 10.0 Å². The number of carbonyl (C=O) groups is 1. The van der Waals surface area contributed by atoms with Crippen molar-refractivity contribution >= 4 is 51.4 Å². The van der Waals surface area contributed by atoms with Crippen molar-refractivity contribution in [2.24, 2.45) is 0 Å². The maximum atomic E-state index is 15.7. The third-order valence-corrected chi connectivity index (χ3v) is 8.80. The zero-order valence-corrected chi connectivity index (χ0v) is 27.1. The predicted octanol–water partition coefficient (Wildman–Crippen LogP) is 7.71. The third-order valence-electron chi connectivity index (χ3n) is 8.19. The van der Waals surface area contributed by atoms with Crippen LogP contribution in [0.15, 0.2) is 54.0 Å². The van der Waals surface area contributed by atoms with Gasteiger partial charge in [0.1, 0.15) is 5.75 Å². The first-order chi connectivity index (χ1) is 21.4. The lowest BCUT2D eigenvalue weighted by atomic mass is 9.98. The van der Waals surface area contributed by atoms with Crippen LogP contribution in [0, 0.1) is 19.3 Å². The molecule has 8 nitrogen and oxygen atoms in total. The number of benzene rings is 2. The number of carbonyl (C=O) groups excluding carboxylic acids is 1. The normalized spacial score (nSPS) is 15.0. The first-order valence-corrected chi connectivity index (χ1v) is 15.2. The summed E-state index contributed by atoms with van der Waals surface area (Å²) in [7, 11) is 1.42. The molecule has 0 unspecified atom stereocenters. The van der Waals surface area contributed by atoms with Gasteiger partial charge in [-0.3, -0.25) is 19.1 Å². The van der Waals surface area contributed by atoms with Crippen LogP contribution in [0.3, 0.4) is 0 Å². The number of anilines is 1. The quantitative estimate of drug-likeness (QED) is 0.158. The minimum atomic E-state index is -0.721. The first kappa shape index (κ1) is 32.0. The summed E-state index contributed by atoms with van der Waals surface area (Å²) in [6.45, 7) is 20.6. The second-order valence-electron chi connectivity index (χ2n) is 11.3. The van der Waals surface area contributed by atoms with Gasteiger partial charge < -0.3 is 14.5 Å². The Hall–Kier alpha value is -4.39. The number of hydrogen-bond donors (Lipinski definition) is 0. The summed E-state index contributed by atoms with van der Waals surface area (Å²) >= 11 is 13.2. The summed E-state index contributed by atoms with van der Waals surface area (Å²) in [5.74, 6) is -0.764. The zero-order valence-electron chi connectivity index (χ0n) is 25.6. The molecule has 0 aliphatic carbocycles. The van der Waals surface area contributed by atoms with E-state index in [4.69, 9.17) is 34.5 Å². The van der Waals surface area contributed by atoms with Crippen molar-refractivity contribution in [3.63, 3.8) is 0 Å². The molecule has 45 heavy (non-hydrogen) atoms. The molecule has 5 rings (SSSR count). The van der Waals surface area contributed by atoms with E-state index >= 15 is 4.39 Å². The molecule has 1 saturated heterocycles. The molecule has 0 spiro atoms. The number of aromatic nitrogens is 2. The summed E-state index contributed by atoms with van der Waals surface area (Å²) in [5, 5.41) is 0.572. The van der Waals surface area contributed by atoms with Crippen LogP contribution in [0.1, 0.15) is 37.9 Å². The van der Waals surface area contributed by atoms with Crippen LogP contribution < -0.4 is 15.2 Å². The first-order valence-electron chi connectivity index (χ1n) is 14.4. The topological polar surface area (TPSA) is 72.0 Å². The Balaban J connectivity index is 1.94. The van der Waals surface area contributed by atoms with Gasteiger partial charge in [0.2, 0.25) is 5.91 Å². The summed E-state index contributed by atoms with van der Waals surface area (Å²) in [5.41, 5.74) is 2.45. The molecule has 11 heteroatoms. The van der Waals surface area contributed by atoms with Gasteiger partial charge in [-0.05, 0) is 61.7 Å². The number of amides is 1. The molecule has 2 aromatic heterocycles. The Bertz CT molecular complexity index is 1970. The molecule has 1 aliphatic rings. The number of pyridine rings is 2. The summed E-state index contributed by atoms with van der Waals surface area (Å²) in [6, 6.07) is 7.80. The Morgan fingerprint density at radius 2 is 1.93 bits per heavy atom. The fraction of sp³-hybridized carbons (Fsp3) is 0.294. The van der Waals surface area contributed by atoms with E-state index in [1.165, 1.54) is 23.8 Å². The molecule has 1 amide bonds. The number of fused-ring (bicyclic) bond motifs is 1. The van der Waals surface area contributed by atoms with Crippen molar-refractivity contribution in [2.45, 2.75) is 39.7 Å². The van der Waals surface area contributed by atoms with Crippen molar-refractivity contribution in [2.75, 3.05) is 31.6 Å². The molecule has 4 aromatic rings. The van der Waals surface area contributed by atoms with Gasteiger partial charge in [0.15, 0.2) is 5.82 Å². The number of piperazine rings is 1. The van der Waals surface area contributed by atoms with E-state index in [-0.39, 0.29) is 50.5 Å². The smallest absolute Gasteiger partial charge is 0.274 e. The van der Waals surface area contributed by atoms with E-state index < -0.39 is 11.4 Å². The van der Waals surface area contributed by atoms with Crippen molar-refractivity contribution in [1.82, 2.24) is 14.5 Å². The van der Waals surface area contributed by atoms with E-state index in [1.807, 2.05) is 32.6 Å². The zero-order chi connectivity index (χ0) is 32.7. The van der Waals surface area contributed by atoms with Crippen LogP contribution in [0.4, 0.5) is 15.8 Å². The molecular formula is C34H32Cl2FN5O3. The van der Waals surface area contributed by atoms with Crippen molar-refractivity contribution in [1.29, 1.82) is 0 Å². The molecule has 0 saturated carbocycles. The summed E-state index contributed by atoms with van der Waals surface area (Å²) in [6.07, 6.45) is 2.96. The average molecular weight is 649 g/mol. The molecule has 0 N–H and O–H groups in total. The third kappa shape index (κ3) is 5.43. The molecule has 1 fully saturated rings. The van der Waals surface area contributed by atoms with Crippen LogP contribution in [0.25, 0.3) is 32.6 Å². The molecular weight excluding hydrogens is 616 g/mol. The van der Waals surface area contributed by atoms with Crippen molar-refractivity contribution < 1.29 is 13.9 Å². The number of methoxy groups -OCH3 is 1. The monoisotopic (exact) mass is 647 g/mol. The molecule has 1 atom stereocenters. The molecule has 232 valence electrons. The van der Waals surface area contributed by atoms with Gasteiger partial charge >= 0.3 is 0 Å². The summed E-state index contributed by atoms with van der Waals surface area (Å²) in [4.78, 5) is 39.0. The molecule has 0 radical (unpaired) electrons. The number of halogens is 3. The Kier molecular flexibility index (Phi) is 8.92. The van der Waals surface area contributed by atoms with E-state index in [0.717, 1.165) is 5.56 Å². The fourth-order valence-corrected chi connectivity index (χ4v) is 6.46. The standard InChI is InChI=1S/C34H32Cl2FN5O3/c1-8-27(43)40-13-14-41(20(5)17-40)33-22-15-24(36)21(28-26(45-7)10-9-23(35)29(28)37)16-25(22)42(34(44)31(33)38-6)32-19(4)11-12-39-30(32)18(2)3/h8-12,15-16,18,20H,1,13-14,17H2,2-5,7H3/t20-/m0/s1. The van der Waals surface area contributed by atoms with E-state index in [9.17, 15) is 9.59 Å². The van der Waals surface area contributed by atoms with Gasteiger partial charge in [-0.15, -0.1) is 0 Å².